The van der Waals surface area contributed by atoms with Crippen molar-refractivity contribution < 1.29 is 0 Å². The second kappa shape index (κ2) is 10.7. The molecule has 0 amide bonds. The molecule has 0 aromatic rings. The lowest BCUT2D eigenvalue weighted by Crippen LogP contribution is -2.30. The zero-order valence-electron chi connectivity index (χ0n) is 14.1. The highest BCUT2D eigenvalue weighted by Gasteiger charge is 2.18. The van der Waals surface area contributed by atoms with Crippen LogP contribution in [0, 0.1) is 17.3 Å². The molecular weight excluding hydrogens is 232 g/mol. The van der Waals surface area contributed by atoms with Crippen LogP contribution in [0.25, 0.3) is 0 Å². The molecule has 116 valence electrons. The van der Waals surface area contributed by atoms with Gasteiger partial charge in [0.15, 0.2) is 0 Å². The first-order valence-electron chi connectivity index (χ1n) is 8.28. The molecule has 0 aliphatic carbocycles. The smallest absolute Gasteiger partial charge is 0.000252 e. The van der Waals surface area contributed by atoms with Crippen LogP contribution in [0.15, 0.2) is 0 Å². The Morgan fingerprint density at radius 2 is 1.74 bits per heavy atom. The number of nitrogens with two attached hydrogens (primary N) is 1. The van der Waals surface area contributed by atoms with Crippen LogP contribution in [0.5, 0.6) is 0 Å². The average molecular weight is 271 g/mol. The first-order chi connectivity index (χ1) is 8.87. The molecule has 2 nitrogen and oxygen atoms in total. The van der Waals surface area contributed by atoms with Crippen LogP contribution in [0.3, 0.4) is 0 Å². The van der Waals surface area contributed by atoms with Gasteiger partial charge in [-0.2, -0.15) is 0 Å². The highest BCUT2D eigenvalue weighted by Crippen LogP contribution is 2.26. The highest BCUT2D eigenvalue weighted by molar-refractivity contribution is 4.73. The van der Waals surface area contributed by atoms with Gasteiger partial charge in [-0.25, -0.2) is 0 Å². The zero-order valence-corrected chi connectivity index (χ0v) is 14.1. The van der Waals surface area contributed by atoms with Gasteiger partial charge >= 0.3 is 0 Å². The molecule has 0 aromatic heterocycles. The van der Waals surface area contributed by atoms with Gasteiger partial charge in [-0.3, -0.25) is 0 Å². The van der Waals surface area contributed by atoms with E-state index in [4.69, 9.17) is 5.73 Å². The van der Waals surface area contributed by atoms with Crippen LogP contribution in [-0.2, 0) is 0 Å². The molecule has 0 fully saturated rings. The summed E-state index contributed by atoms with van der Waals surface area (Å²) in [6, 6.07) is 0. The van der Waals surface area contributed by atoms with Gasteiger partial charge in [0.05, 0.1) is 0 Å². The Bertz CT molecular complexity index is 199. The largest absolute Gasteiger partial charge is 0.330 e. The third kappa shape index (κ3) is 12.7. The summed E-state index contributed by atoms with van der Waals surface area (Å²) in [7, 11) is 0. The summed E-state index contributed by atoms with van der Waals surface area (Å²) < 4.78 is 0. The van der Waals surface area contributed by atoms with Crippen LogP contribution in [-0.4, -0.2) is 19.6 Å². The van der Waals surface area contributed by atoms with Crippen LogP contribution < -0.4 is 11.1 Å². The van der Waals surface area contributed by atoms with Crippen molar-refractivity contribution in [1.82, 2.24) is 5.32 Å². The minimum atomic E-state index is 0.430. The van der Waals surface area contributed by atoms with Crippen molar-refractivity contribution >= 4 is 0 Å². The molecule has 0 rings (SSSR count). The van der Waals surface area contributed by atoms with Gasteiger partial charge in [-0.05, 0) is 56.0 Å². The highest BCUT2D eigenvalue weighted by atomic mass is 14.9. The fraction of sp³-hybridized carbons (Fsp3) is 1.00. The van der Waals surface area contributed by atoms with E-state index in [0.29, 0.717) is 5.41 Å². The maximum atomic E-state index is 5.49. The van der Waals surface area contributed by atoms with Crippen molar-refractivity contribution in [3.63, 3.8) is 0 Å². The van der Waals surface area contributed by atoms with Gasteiger partial charge in [0.1, 0.15) is 0 Å². The second-order valence-corrected chi connectivity index (χ2v) is 7.46. The number of nitrogens with one attached hydrogen (secondary N) is 1. The number of hydrogen-bond acceptors (Lipinski definition) is 2. The van der Waals surface area contributed by atoms with Crippen molar-refractivity contribution in [2.75, 3.05) is 19.6 Å². The minimum Gasteiger partial charge on any atom is -0.330 e. The van der Waals surface area contributed by atoms with E-state index in [1.165, 1.54) is 32.1 Å². The summed E-state index contributed by atoms with van der Waals surface area (Å²) >= 11 is 0. The fourth-order valence-corrected chi connectivity index (χ4v) is 2.65. The SMILES string of the molecule is CC(C)CC(C)CCC(C)(C)CNCCCCCN. The molecule has 0 radical (unpaired) electrons. The van der Waals surface area contributed by atoms with E-state index in [-0.39, 0.29) is 0 Å². The van der Waals surface area contributed by atoms with E-state index in [9.17, 15) is 0 Å². The maximum absolute atomic E-state index is 5.49. The van der Waals surface area contributed by atoms with E-state index in [2.05, 4.69) is 39.9 Å². The van der Waals surface area contributed by atoms with Crippen LogP contribution in [0.4, 0.5) is 0 Å². The van der Waals surface area contributed by atoms with Gasteiger partial charge in [0.25, 0.3) is 0 Å². The molecule has 0 bridgehead atoms. The molecule has 3 N–H and O–H groups in total. The van der Waals surface area contributed by atoms with Gasteiger partial charge < -0.3 is 11.1 Å². The first kappa shape index (κ1) is 18.9. The monoisotopic (exact) mass is 270 g/mol. The summed E-state index contributed by atoms with van der Waals surface area (Å²) in [5.41, 5.74) is 5.92. The standard InChI is InChI=1S/C17H38N2/c1-15(2)13-16(3)9-10-17(4,5)14-19-12-8-6-7-11-18/h15-16,19H,6-14,18H2,1-5H3. The normalized spacial score (nSPS) is 14.1. The molecule has 0 saturated carbocycles. The Kier molecular flexibility index (Phi) is 10.6. The second-order valence-electron chi connectivity index (χ2n) is 7.46. The average Bonchev–Trinajstić information content (AvgIpc) is 2.30. The van der Waals surface area contributed by atoms with E-state index in [1.54, 1.807) is 0 Å². The fourth-order valence-electron chi connectivity index (χ4n) is 2.65. The lowest BCUT2D eigenvalue weighted by atomic mass is 9.83. The van der Waals surface area contributed by atoms with Gasteiger partial charge in [0, 0.05) is 6.54 Å². The predicted octanol–water partition coefficient (Wildman–Crippen LogP) is 4.19. The van der Waals surface area contributed by atoms with Crippen LogP contribution in [0.1, 0.15) is 73.1 Å². The minimum absolute atomic E-state index is 0.430. The third-order valence-corrected chi connectivity index (χ3v) is 3.85. The van der Waals surface area contributed by atoms with Crippen molar-refractivity contribution in [3.05, 3.63) is 0 Å². The van der Waals surface area contributed by atoms with Gasteiger partial charge in [-0.1, -0.05) is 47.5 Å². The Balaban J connectivity index is 3.62. The molecule has 0 spiro atoms. The van der Waals surface area contributed by atoms with Crippen molar-refractivity contribution in [2.24, 2.45) is 23.0 Å². The molecule has 2 heteroatoms. The van der Waals surface area contributed by atoms with E-state index in [0.717, 1.165) is 37.9 Å². The molecule has 0 aliphatic rings. The molecular formula is C17H38N2. The lowest BCUT2D eigenvalue weighted by Gasteiger charge is -2.27. The number of rotatable bonds is 12. The molecule has 1 unspecified atom stereocenters. The predicted molar refractivity (Wildman–Crippen MR) is 87.4 cm³/mol. The van der Waals surface area contributed by atoms with Crippen LogP contribution >= 0.6 is 0 Å². The topological polar surface area (TPSA) is 38.0 Å². The quantitative estimate of drug-likeness (QED) is 0.522. The first-order valence-corrected chi connectivity index (χ1v) is 8.28. The summed E-state index contributed by atoms with van der Waals surface area (Å²) in [6.07, 6.45) is 7.74. The molecule has 0 saturated heterocycles. The summed E-state index contributed by atoms with van der Waals surface area (Å²) in [5, 5.41) is 3.61. The third-order valence-electron chi connectivity index (χ3n) is 3.85. The van der Waals surface area contributed by atoms with Crippen molar-refractivity contribution in [2.45, 2.75) is 73.1 Å². The van der Waals surface area contributed by atoms with Gasteiger partial charge in [-0.15, -0.1) is 0 Å². The Labute approximate surface area is 121 Å². The molecule has 0 heterocycles. The van der Waals surface area contributed by atoms with Gasteiger partial charge in [0.2, 0.25) is 0 Å². The lowest BCUT2D eigenvalue weighted by molar-refractivity contribution is 0.271. The van der Waals surface area contributed by atoms with Crippen molar-refractivity contribution in [3.8, 4) is 0 Å². The molecule has 0 aromatic carbocycles. The molecule has 0 aliphatic heterocycles. The summed E-state index contributed by atoms with van der Waals surface area (Å²) in [6.45, 7) is 14.9. The molecule has 19 heavy (non-hydrogen) atoms. The van der Waals surface area contributed by atoms with E-state index >= 15 is 0 Å². The molecule has 1 atom stereocenters. The maximum Gasteiger partial charge on any atom is 0.000252 e. The Morgan fingerprint density at radius 1 is 1.05 bits per heavy atom. The Hall–Kier alpha value is -0.0800. The number of hydrogen-bond donors (Lipinski definition) is 2. The number of unbranched alkanes of at least 4 members (excludes halogenated alkanes) is 2. The van der Waals surface area contributed by atoms with Crippen LogP contribution in [0.2, 0.25) is 0 Å². The summed E-state index contributed by atoms with van der Waals surface area (Å²) in [5.74, 6) is 1.70. The van der Waals surface area contributed by atoms with E-state index in [1.807, 2.05) is 0 Å². The van der Waals surface area contributed by atoms with Crippen molar-refractivity contribution in [1.29, 1.82) is 0 Å². The summed E-state index contributed by atoms with van der Waals surface area (Å²) in [4.78, 5) is 0. The zero-order chi connectivity index (χ0) is 14.7. The Morgan fingerprint density at radius 3 is 2.32 bits per heavy atom. The van der Waals surface area contributed by atoms with E-state index < -0.39 is 0 Å².